The maximum absolute atomic E-state index is 11.9. The number of halogens is 6. The molecule has 0 aromatic rings. The molecule has 0 saturated carbocycles. The molecule has 0 unspecified atom stereocenters. The highest BCUT2D eigenvalue weighted by Crippen LogP contribution is 2.37. The van der Waals surface area contributed by atoms with E-state index in [2.05, 4.69) is 0 Å². The van der Waals surface area contributed by atoms with Crippen LogP contribution in [-0.4, -0.2) is 30.6 Å². The predicted octanol–water partition coefficient (Wildman–Crippen LogP) is 1.37. The van der Waals surface area contributed by atoms with E-state index in [1.54, 1.807) is 0 Å². The molecule has 80 valence electrons. The Hall–Kier alpha value is -0.510. The molecule has 0 aliphatic rings. The summed E-state index contributed by atoms with van der Waals surface area (Å²) in [5.74, 6) is 0. The van der Waals surface area contributed by atoms with Gasteiger partial charge in [-0.3, -0.25) is 4.55 Å². The fraction of sp³-hybridized carbons (Fsp3) is 1.00. The van der Waals surface area contributed by atoms with Crippen LogP contribution in [-0.2, 0) is 10.1 Å². The summed E-state index contributed by atoms with van der Waals surface area (Å²) in [5.41, 5.74) is 0. The van der Waals surface area contributed by atoms with E-state index in [1.165, 1.54) is 0 Å². The van der Waals surface area contributed by atoms with Crippen molar-refractivity contribution in [3.05, 3.63) is 0 Å². The van der Waals surface area contributed by atoms with E-state index in [1.807, 2.05) is 0 Å². The first kappa shape index (κ1) is 12.5. The first-order valence-corrected chi connectivity index (χ1v) is 3.90. The normalized spacial score (nSPS) is 17.2. The van der Waals surface area contributed by atoms with Crippen LogP contribution in [0.1, 0.15) is 0 Å². The molecule has 0 bridgehead atoms. The van der Waals surface area contributed by atoms with Gasteiger partial charge in [0.1, 0.15) is 0 Å². The van der Waals surface area contributed by atoms with E-state index in [-0.39, 0.29) is 0 Å². The lowest BCUT2D eigenvalue weighted by atomic mass is 10.4. The second-order valence-corrected chi connectivity index (χ2v) is 3.44. The van der Waals surface area contributed by atoms with Crippen molar-refractivity contribution < 1.29 is 39.3 Å². The van der Waals surface area contributed by atoms with Crippen molar-refractivity contribution >= 4 is 10.1 Å². The molecule has 0 fully saturated rings. The zero-order chi connectivity index (χ0) is 11.1. The highest BCUT2D eigenvalue weighted by Gasteiger charge is 2.64. The monoisotopic (exact) mass is 232 g/mol. The van der Waals surface area contributed by atoms with Crippen molar-refractivity contribution in [1.82, 2.24) is 0 Å². The Morgan fingerprint density at radius 2 is 1.38 bits per heavy atom. The van der Waals surface area contributed by atoms with Gasteiger partial charge in [-0.25, -0.2) is 4.39 Å². The molecule has 0 aliphatic carbocycles. The van der Waals surface area contributed by atoms with Crippen LogP contribution in [0.25, 0.3) is 0 Å². The summed E-state index contributed by atoms with van der Waals surface area (Å²) in [6, 6.07) is 0. The van der Waals surface area contributed by atoms with Gasteiger partial charge in [-0.2, -0.15) is 30.4 Å². The summed E-state index contributed by atoms with van der Waals surface area (Å²) in [5, 5.41) is -5.88. The summed E-state index contributed by atoms with van der Waals surface area (Å²) in [4.78, 5) is 0. The van der Waals surface area contributed by atoms with Gasteiger partial charge in [0, 0.05) is 0 Å². The third-order valence-corrected chi connectivity index (χ3v) is 1.82. The maximum Gasteiger partial charge on any atom is 0.426 e. The molecule has 0 heterocycles. The van der Waals surface area contributed by atoms with Crippen LogP contribution in [0.3, 0.4) is 0 Å². The van der Waals surface area contributed by atoms with E-state index in [9.17, 15) is 34.8 Å². The van der Waals surface area contributed by atoms with E-state index in [0.717, 1.165) is 0 Å². The Balaban J connectivity index is 5.09. The molecule has 0 aromatic heterocycles. The molecule has 10 heteroatoms. The summed E-state index contributed by atoms with van der Waals surface area (Å²) in [6.45, 7) is 0. The Morgan fingerprint density at radius 3 is 1.46 bits per heavy atom. The van der Waals surface area contributed by atoms with E-state index >= 15 is 0 Å². The van der Waals surface area contributed by atoms with Gasteiger partial charge in [0.05, 0.1) is 0 Å². The van der Waals surface area contributed by atoms with Crippen molar-refractivity contribution in [2.24, 2.45) is 0 Å². The Morgan fingerprint density at radius 1 is 1.08 bits per heavy atom. The second-order valence-electron chi connectivity index (χ2n) is 1.94. The molecular formula is C3H2F6O3S. The molecule has 13 heavy (non-hydrogen) atoms. The van der Waals surface area contributed by atoms with Gasteiger partial charge in [0.25, 0.3) is 6.17 Å². The second kappa shape index (κ2) is 3.01. The topological polar surface area (TPSA) is 54.4 Å². The van der Waals surface area contributed by atoms with Crippen LogP contribution in [0.15, 0.2) is 0 Å². The average molecular weight is 232 g/mol. The molecule has 0 radical (unpaired) electrons. The minimum atomic E-state index is -6.41. The van der Waals surface area contributed by atoms with Crippen molar-refractivity contribution in [3.63, 3.8) is 0 Å². The number of rotatable bonds is 2. The van der Waals surface area contributed by atoms with Crippen LogP contribution in [0, 0.1) is 0 Å². The fourth-order valence-electron chi connectivity index (χ4n) is 0.321. The minimum absolute atomic E-state index is 4.95. The molecule has 0 aliphatic heterocycles. The van der Waals surface area contributed by atoms with E-state index in [0.29, 0.717) is 0 Å². The fourth-order valence-corrected chi connectivity index (χ4v) is 0.716. The summed E-state index contributed by atoms with van der Waals surface area (Å²) >= 11 is 0. The molecule has 0 amide bonds. The van der Waals surface area contributed by atoms with E-state index in [4.69, 9.17) is 4.55 Å². The predicted molar refractivity (Wildman–Crippen MR) is 27.4 cm³/mol. The van der Waals surface area contributed by atoms with Crippen molar-refractivity contribution in [2.45, 2.75) is 17.6 Å². The maximum atomic E-state index is 11.9. The molecule has 3 nitrogen and oxygen atoms in total. The van der Waals surface area contributed by atoms with Gasteiger partial charge in [-0.15, -0.1) is 0 Å². The van der Waals surface area contributed by atoms with Crippen LogP contribution < -0.4 is 0 Å². The van der Waals surface area contributed by atoms with Crippen molar-refractivity contribution in [1.29, 1.82) is 0 Å². The molecule has 0 saturated heterocycles. The third-order valence-electron chi connectivity index (χ3n) is 0.926. The molecule has 1 atom stereocenters. The molecule has 1 N–H and O–H groups in total. The first-order valence-electron chi connectivity index (χ1n) is 2.46. The molecule has 0 spiro atoms. The first-order chi connectivity index (χ1) is 5.40. The highest BCUT2D eigenvalue weighted by molar-refractivity contribution is 7.86. The smallest absolute Gasteiger partial charge is 0.281 e. The van der Waals surface area contributed by atoms with Crippen LogP contribution in [0.2, 0.25) is 0 Å². The Bertz CT molecular complexity index is 278. The lowest BCUT2D eigenvalue weighted by Gasteiger charge is -2.19. The molecule has 0 rings (SSSR count). The number of hydrogen-bond donors (Lipinski definition) is 1. The van der Waals surface area contributed by atoms with E-state index < -0.39 is 27.7 Å². The Labute approximate surface area is 68.1 Å². The SMILES string of the molecule is O=S(=O)(O)C(F)(F)[C@H](F)C(F)(F)F. The minimum Gasteiger partial charge on any atom is -0.281 e. The highest BCUT2D eigenvalue weighted by atomic mass is 32.2. The molecule has 0 aromatic carbocycles. The van der Waals surface area contributed by atoms with Gasteiger partial charge in [0.15, 0.2) is 0 Å². The van der Waals surface area contributed by atoms with Gasteiger partial charge in [0.2, 0.25) is 0 Å². The van der Waals surface area contributed by atoms with Gasteiger partial charge < -0.3 is 0 Å². The van der Waals surface area contributed by atoms with Crippen LogP contribution in [0.5, 0.6) is 0 Å². The summed E-state index contributed by atoms with van der Waals surface area (Å²) < 4.78 is 96.1. The number of alkyl halides is 6. The largest absolute Gasteiger partial charge is 0.426 e. The van der Waals surface area contributed by atoms with Gasteiger partial charge >= 0.3 is 21.5 Å². The van der Waals surface area contributed by atoms with Crippen molar-refractivity contribution in [2.75, 3.05) is 0 Å². The lowest BCUT2D eigenvalue weighted by molar-refractivity contribution is -0.223. The summed E-state index contributed by atoms with van der Waals surface area (Å²) in [6.07, 6.45) is -11.0. The van der Waals surface area contributed by atoms with Crippen LogP contribution in [0.4, 0.5) is 26.3 Å². The number of hydrogen-bond acceptors (Lipinski definition) is 2. The Kier molecular flexibility index (Phi) is 2.89. The standard InChI is InChI=1S/C3H2F6O3S/c4-1(2(5,6)7)3(8,9)13(10,11)12/h1H,(H,10,11,12)/t1-/m1/s1. The zero-order valence-corrected chi connectivity index (χ0v) is 6.33. The molecular weight excluding hydrogens is 230 g/mol. The zero-order valence-electron chi connectivity index (χ0n) is 5.52. The van der Waals surface area contributed by atoms with Gasteiger partial charge in [-0.05, 0) is 0 Å². The average Bonchev–Trinajstić information content (AvgIpc) is 1.81. The third kappa shape index (κ3) is 2.46. The lowest BCUT2D eigenvalue weighted by Crippen LogP contribution is -2.46. The van der Waals surface area contributed by atoms with Crippen LogP contribution >= 0.6 is 0 Å². The summed E-state index contributed by atoms with van der Waals surface area (Å²) in [7, 11) is -6.41. The van der Waals surface area contributed by atoms with Gasteiger partial charge in [-0.1, -0.05) is 0 Å². The quantitative estimate of drug-likeness (QED) is 0.577. The van der Waals surface area contributed by atoms with Crippen molar-refractivity contribution in [3.8, 4) is 0 Å².